The van der Waals surface area contributed by atoms with Gasteiger partial charge in [-0.2, -0.15) is 0 Å². The third-order valence-corrected chi connectivity index (χ3v) is 5.36. The van der Waals surface area contributed by atoms with Crippen molar-refractivity contribution in [2.24, 2.45) is 0 Å². The van der Waals surface area contributed by atoms with Crippen LogP contribution in [0, 0.1) is 0 Å². The van der Waals surface area contributed by atoms with Gasteiger partial charge in [-0.15, -0.1) is 0 Å². The third-order valence-electron chi connectivity index (χ3n) is 5.36. The second-order valence-electron chi connectivity index (χ2n) is 7.49. The maximum absolute atomic E-state index is 12.7. The highest BCUT2D eigenvalue weighted by Crippen LogP contribution is 2.37. The number of ether oxygens (including phenoxy) is 1. The topological polar surface area (TPSA) is 70.1 Å². The maximum atomic E-state index is 12.7. The van der Waals surface area contributed by atoms with Gasteiger partial charge in [-0.3, -0.25) is 14.5 Å². The lowest BCUT2D eigenvalue weighted by Crippen LogP contribution is -2.43. The summed E-state index contributed by atoms with van der Waals surface area (Å²) in [5, 5.41) is 10.3. The molecule has 1 aromatic rings. The van der Waals surface area contributed by atoms with Crippen molar-refractivity contribution in [3.05, 3.63) is 46.7 Å². The molecule has 2 aliphatic heterocycles. The number of carbonyl (C=O) groups is 2. The zero-order valence-corrected chi connectivity index (χ0v) is 16.3. The summed E-state index contributed by atoms with van der Waals surface area (Å²) in [6.45, 7) is 9.82. The van der Waals surface area contributed by atoms with Gasteiger partial charge in [-0.25, -0.2) is 0 Å². The highest BCUT2D eigenvalue weighted by Gasteiger charge is 2.42. The van der Waals surface area contributed by atoms with Crippen LogP contribution in [0.5, 0.6) is 0 Å². The van der Waals surface area contributed by atoms with Crippen molar-refractivity contribution in [3.8, 4) is 0 Å². The molecule has 3 rings (SSSR count). The van der Waals surface area contributed by atoms with Crippen LogP contribution in [0.3, 0.4) is 0 Å². The Kier molecular flexibility index (Phi) is 5.97. The molecule has 1 aromatic carbocycles. The zero-order valence-electron chi connectivity index (χ0n) is 16.3. The number of ketones is 1. The van der Waals surface area contributed by atoms with Crippen molar-refractivity contribution >= 4 is 11.7 Å². The van der Waals surface area contributed by atoms with Crippen LogP contribution in [0.1, 0.15) is 43.9 Å². The number of aliphatic hydroxyl groups excluding tert-OH is 1. The summed E-state index contributed by atoms with van der Waals surface area (Å²) in [5.74, 6) is -0.751. The molecule has 0 saturated carbocycles. The summed E-state index contributed by atoms with van der Waals surface area (Å²) in [6.07, 6.45) is 0. The minimum atomic E-state index is -0.530. The Morgan fingerprint density at radius 1 is 1.19 bits per heavy atom. The van der Waals surface area contributed by atoms with Gasteiger partial charge < -0.3 is 14.7 Å². The Morgan fingerprint density at radius 3 is 2.37 bits per heavy atom. The van der Waals surface area contributed by atoms with Crippen molar-refractivity contribution in [3.63, 3.8) is 0 Å². The second-order valence-corrected chi connectivity index (χ2v) is 7.49. The first-order valence-electron chi connectivity index (χ1n) is 9.55. The van der Waals surface area contributed by atoms with E-state index in [9.17, 15) is 14.7 Å². The van der Waals surface area contributed by atoms with Gasteiger partial charge in [-0.1, -0.05) is 38.1 Å². The number of aliphatic hydroxyl groups is 1. The average Bonchev–Trinajstić information content (AvgIpc) is 2.92. The smallest absolute Gasteiger partial charge is 0.290 e. The van der Waals surface area contributed by atoms with E-state index < -0.39 is 17.7 Å². The van der Waals surface area contributed by atoms with Crippen LogP contribution < -0.4 is 0 Å². The first-order chi connectivity index (χ1) is 12.9. The van der Waals surface area contributed by atoms with Gasteiger partial charge in [0.1, 0.15) is 0 Å². The summed E-state index contributed by atoms with van der Waals surface area (Å²) < 4.78 is 5.36. The van der Waals surface area contributed by atoms with E-state index >= 15 is 0 Å². The molecule has 1 saturated heterocycles. The number of amides is 1. The molecule has 0 spiro atoms. The first-order valence-corrected chi connectivity index (χ1v) is 9.55. The van der Waals surface area contributed by atoms with Crippen molar-refractivity contribution < 1.29 is 19.4 Å². The molecule has 6 heteroatoms. The van der Waals surface area contributed by atoms with Gasteiger partial charge in [0.25, 0.3) is 5.91 Å². The lowest BCUT2D eigenvalue weighted by atomic mass is 9.94. The van der Waals surface area contributed by atoms with Crippen LogP contribution in [0.15, 0.2) is 35.6 Å². The summed E-state index contributed by atoms with van der Waals surface area (Å²) >= 11 is 0. The quantitative estimate of drug-likeness (QED) is 0.830. The lowest BCUT2D eigenvalue weighted by molar-refractivity contribution is -0.129. The molecular weight excluding hydrogens is 344 g/mol. The van der Waals surface area contributed by atoms with E-state index in [1.54, 1.807) is 4.90 Å². The Hall–Kier alpha value is -2.18. The van der Waals surface area contributed by atoms with E-state index in [1.807, 2.05) is 24.3 Å². The minimum absolute atomic E-state index is 0.194. The molecular formula is C21H28N2O4. The number of Topliss-reactive ketones (excluding diaryl/α,β-unsaturated/α-hetero) is 1. The molecule has 1 fully saturated rings. The van der Waals surface area contributed by atoms with Gasteiger partial charge in [0.05, 0.1) is 24.8 Å². The number of carbonyl (C=O) groups excluding carboxylic acids is 2. The zero-order chi connectivity index (χ0) is 19.6. The standard InChI is InChI=1S/C21H28N2O4/c1-14(2)16-4-6-17(7-5-16)19-18(15(3)24)20(25)21(26)23(19)9-8-22-10-12-27-13-11-22/h4-7,14,19,25H,8-13H2,1-3H3/t19-/m1/s1. The van der Waals surface area contributed by atoms with Crippen molar-refractivity contribution in [1.29, 1.82) is 0 Å². The Labute approximate surface area is 160 Å². The maximum Gasteiger partial charge on any atom is 0.290 e. The number of hydrogen-bond donors (Lipinski definition) is 1. The monoisotopic (exact) mass is 372 g/mol. The van der Waals surface area contributed by atoms with Crippen LogP contribution in [-0.4, -0.2) is 66.0 Å². The molecule has 0 aliphatic carbocycles. The van der Waals surface area contributed by atoms with E-state index in [2.05, 4.69) is 18.7 Å². The highest BCUT2D eigenvalue weighted by atomic mass is 16.5. The summed E-state index contributed by atoms with van der Waals surface area (Å²) in [4.78, 5) is 28.7. The molecule has 146 valence electrons. The van der Waals surface area contributed by atoms with Gasteiger partial charge in [0.2, 0.25) is 0 Å². The number of rotatable bonds is 6. The van der Waals surface area contributed by atoms with E-state index in [4.69, 9.17) is 4.74 Å². The third kappa shape index (κ3) is 4.06. The molecule has 1 atom stereocenters. The second kappa shape index (κ2) is 8.23. The average molecular weight is 372 g/mol. The Morgan fingerprint density at radius 2 is 1.81 bits per heavy atom. The number of hydrogen-bond acceptors (Lipinski definition) is 5. The largest absolute Gasteiger partial charge is 0.503 e. The fourth-order valence-electron chi connectivity index (χ4n) is 3.73. The predicted molar refractivity (Wildman–Crippen MR) is 103 cm³/mol. The number of morpholine rings is 1. The molecule has 1 N–H and O–H groups in total. The SMILES string of the molecule is CC(=O)C1=C(O)C(=O)N(CCN2CCOCC2)[C@@H]1c1ccc(C(C)C)cc1. The van der Waals surface area contributed by atoms with Crippen LogP contribution in [0.25, 0.3) is 0 Å². The van der Waals surface area contributed by atoms with Crippen molar-refractivity contribution in [2.45, 2.75) is 32.7 Å². The fourth-order valence-corrected chi connectivity index (χ4v) is 3.73. The molecule has 2 aliphatic rings. The van der Waals surface area contributed by atoms with Crippen molar-refractivity contribution in [1.82, 2.24) is 9.80 Å². The Balaban J connectivity index is 1.86. The van der Waals surface area contributed by atoms with Crippen LogP contribution in [-0.2, 0) is 14.3 Å². The van der Waals surface area contributed by atoms with Crippen LogP contribution in [0.2, 0.25) is 0 Å². The summed E-state index contributed by atoms with van der Waals surface area (Å²) in [7, 11) is 0. The molecule has 0 radical (unpaired) electrons. The molecule has 1 amide bonds. The summed E-state index contributed by atoms with van der Waals surface area (Å²) in [5.41, 5.74) is 2.24. The molecule has 0 aromatic heterocycles. The predicted octanol–water partition coefficient (Wildman–Crippen LogP) is 2.43. The Bertz CT molecular complexity index is 733. The fraction of sp³-hybridized carbons (Fsp3) is 0.524. The highest BCUT2D eigenvalue weighted by molar-refractivity contribution is 6.08. The number of benzene rings is 1. The van der Waals surface area contributed by atoms with E-state index in [1.165, 1.54) is 12.5 Å². The summed E-state index contributed by atoms with van der Waals surface area (Å²) in [6, 6.07) is 7.43. The molecule has 0 unspecified atom stereocenters. The molecule has 0 bridgehead atoms. The molecule has 2 heterocycles. The van der Waals surface area contributed by atoms with Crippen molar-refractivity contribution in [2.75, 3.05) is 39.4 Å². The van der Waals surface area contributed by atoms with Gasteiger partial charge >= 0.3 is 0 Å². The van der Waals surface area contributed by atoms with E-state index in [-0.39, 0.29) is 11.4 Å². The minimum Gasteiger partial charge on any atom is -0.503 e. The normalized spacial score (nSPS) is 21.4. The van der Waals surface area contributed by atoms with Crippen LogP contribution >= 0.6 is 0 Å². The number of nitrogens with zero attached hydrogens (tertiary/aromatic N) is 2. The first kappa shape index (κ1) is 19.6. The van der Waals surface area contributed by atoms with E-state index in [0.717, 1.165) is 18.7 Å². The van der Waals surface area contributed by atoms with E-state index in [0.29, 0.717) is 32.2 Å². The van der Waals surface area contributed by atoms with Gasteiger partial charge in [0.15, 0.2) is 11.5 Å². The van der Waals surface area contributed by atoms with Crippen LogP contribution in [0.4, 0.5) is 0 Å². The lowest BCUT2D eigenvalue weighted by Gasteiger charge is -2.31. The molecule has 6 nitrogen and oxygen atoms in total. The molecule has 27 heavy (non-hydrogen) atoms. The van der Waals surface area contributed by atoms with Gasteiger partial charge in [0, 0.05) is 26.2 Å². The van der Waals surface area contributed by atoms with Gasteiger partial charge in [-0.05, 0) is 24.0 Å².